The monoisotopic (exact) mass is 283 g/mol. The molecule has 0 aromatic carbocycles. The molecule has 0 bridgehead atoms. The fraction of sp³-hybridized carbons (Fsp3) is 0.417. The first kappa shape index (κ1) is 13.2. The van der Waals surface area contributed by atoms with Crippen LogP contribution >= 0.6 is 22.9 Å². The summed E-state index contributed by atoms with van der Waals surface area (Å²) in [7, 11) is 1.80. The first-order chi connectivity index (χ1) is 8.47. The number of carbonyl (C=O) groups excluding carboxylic acids is 1. The number of hydrogen-bond donors (Lipinski definition) is 0. The summed E-state index contributed by atoms with van der Waals surface area (Å²) in [6.45, 7) is 3.76. The zero-order chi connectivity index (χ0) is 13.3. The molecule has 0 aliphatic rings. The Labute approximate surface area is 115 Å². The van der Waals surface area contributed by atoms with Gasteiger partial charge in [-0.1, -0.05) is 11.6 Å². The largest absolute Gasteiger partial charge is 0.299 e. The lowest BCUT2D eigenvalue weighted by Crippen LogP contribution is -2.10. The molecule has 0 amide bonds. The van der Waals surface area contributed by atoms with E-state index in [0.717, 1.165) is 22.1 Å². The zero-order valence-corrected chi connectivity index (χ0v) is 12.1. The second kappa shape index (κ2) is 5.20. The van der Waals surface area contributed by atoms with Crippen LogP contribution in [0.3, 0.4) is 0 Å². The molecule has 2 heterocycles. The van der Waals surface area contributed by atoms with Gasteiger partial charge in [0.25, 0.3) is 0 Å². The van der Waals surface area contributed by atoms with Gasteiger partial charge in [0.05, 0.1) is 33.5 Å². The molecule has 0 N–H and O–H groups in total. The van der Waals surface area contributed by atoms with Crippen LogP contribution in [-0.4, -0.2) is 20.5 Å². The Morgan fingerprint density at radius 1 is 1.44 bits per heavy atom. The van der Waals surface area contributed by atoms with E-state index < -0.39 is 0 Å². The SMILES string of the molecule is Cc1nc(CC(=O)Cc2c(Cl)c(C)nn2C)cs1. The van der Waals surface area contributed by atoms with Crippen molar-refractivity contribution in [3.63, 3.8) is 0 Å². The first-order valence-corrected chi connectivity index (χ1v) is 6.84. The summed E-state index contributed by atoms with van der Waals surface area (Å²) < 4.78 is 1.67. The maximum Gasteiger partial charge on any atom is 0.144 e. The van der Waals surface area contributed by atoms with Crippen LogP contribution in [-0.2, 0) is 24.7 Å². The molecule has 0 spiro atoms. The van der Waals surface area contributed by atoms with E-state index in [1.54, 1.807) is 23.1 Å². The van der Waals surface area contributed by atoms with E-state index in [0.29, 0.717) is 17.9 Å². The molecule has 2 aromatic heterocycles. The molecule has 4 nitrogen and oxygen atoms in total. The molecule has 2 aromatic rings. The van der Waals surface area contributed by atoms with Crippen molar-refractivity contribution in [1.82, 2.24) is 14.8 Å². The topological polar surface area (TPSA) is 47.8 Å². The van der Waals surface area contributed by atoms with Gasteiger partial charge in [0.2, 0.25) is 0 Å². The number of halogens is 1. The summed E-state index contributed by atoms with van der Waals surface area (Å²) in [5, 5.41) is 7.68. The van der Waals surface area contributed by atoms with Crippen molar-refractivity contribution in [1.29, 1.82) is 0 Å². The highest BCUT2D eigenvalue weighted by Crippen LogP contribution is 2.20. The molecule has 0 saturated carbocycles. The molecule has 18 heavy (non-hydrogen) atoms. The Bertz CT molecular complexity index is 588. The quantitative estimate of drug-likeness (QED) is 0.866. The molecule has 96 valence electrons. The van der Waals surface area contributed by atoms with E-state index in [2.05, 4.69) is 10.1 Å². The number of thiazole rings is 1. The molecule has 0 fully saturated rings. The number of rotatable bonds is 4. The average molecular weight is 284 g/mol. The minimum Gasteiger partial charge on any atom is -0.299 e. The van der Waals surface area contributed by atoms with Gasteiger partial charge in [-0.2, -0.15) is 5.10 Å². The third-order valence-electron chi connectivity index (χ3n) is 2.67. The summed E-state index contributed by atoms with van der Waals surface area (Å²) in [6, 6.07) is 0. The van der Waals surface area contributed by atoms with Crippen LogP contribution < -0.4 is 0 Å². The van der Waals surface area contributed by atoms with Crippen LogP contribution in [0.15, 0.2) is 5.38 Å². The van der Waals surface area contributed by atoms with Gasteiger partial charge in [-0.3, -0.25) is 9.48 Å². The predicted octanol–water partition coefficient (Wildman–Crippen LogP) is 2.50. The third kappa shape index (κ3) is 2.79. The maximum absolute atomic E-state index is 12.0. The molecule has 0 aliphatic heterocycles. The van der Waals surface area contributed by atoms with Gasteiger partial charge >= 0.3 is 0 Å². The van der Waals surface area contributed by atoms with Crippen LogP contribution in [0, 0.1) is 13.8 Å². The molecule has 0 aliphatic carbocycles. The van der Waals surface area contributed by atoms with Gasteiger partial charge in [-0.05, 0) is 13.8 Å². The van der Waals surface area contributed by atoms with Crippen molar-refractivity contribution < 1.29 is 4.79 Å². The van der Waals surface area contributed by atoms with Crippen LogP contribution in [0.25, 0.3) is 0 Å². The second-order valence-corrected chi connectivity index (χ2v) is 5.66. The summed E-state index contributed by atoms with van der Waals surface area (Å²) in [6.07, 6.45) is 0.650. The van der Waals surface area contributed by atoms with E-state index in [4.69, 9.17) is 11.6 Å². The number of ketones is 1. The Kier molecular flexibility index (Phi) is 3.82. The van der Waals surface area contributed by atoms with Gasteiger partial charge in [0.1, 0.15) is 5.78 Å². The predicted molar refractivity (Wildman–Crippen MR) is 72.2 cm³/mol. The second-order valence-electron chi connectivity index (χ2n) is 4.22. The number of aryl methyl sites for hydroxylation is 3. The van der Waals surface area contributed by atoms with Crippen molar-refractivity contribution in [3.8, 4) is 0 Å². The summed E-state index contributed by atoms with van der Waals surface area (Å²) in [5.41, 5.74) is 2.36. The highest BCUT2D eigenvalue weighted by atomic mass is 35.5. The summed E-state index contributed by atoms with van der Waals surface area (Å²) >= 11 is 7.67. The van der Waals surface area contributed by atoms with Crippen LogP contribution in [0.1, 0.15) is 22.1 Å². The van der Waals surface area contributed by atoms with Crippen molar-refractivity contribution in [2.45, 2.75) is 26.7 Å². The first-order valence-electron chi connectivity index (χ1n) is 5.58. The van der Waals surface area contributed by atoms with Crippen molar-refractivity contribution in [3.05, 3.63) is 32.5 Å². The minimum atomic E-state index is 0.102. The number of hydrogen-bond acceptors (Lipinski definition) is 4. The molecule has 0 unspecified atom stereocenters. The van der Waals surface area contributed by atoms with E-state index in [9.17, 15) is 4.79 Å². The van der Waals surface area contributed by atoms with Gasteiger partial charge in [-0.25, -0.2) is 4.98 Å². The molecule has 0 radical (unpaired) electrons. The van der Waals surface area contributed by atoms with E-state index in [1.165, 1.54) is 0 Å². The van der Waals surface area contributed by atoms with Gasteiger partial charge in [0.15, 0.2) is 0 Å². The lowest BCUT2D eigenvalue weighted by Gasteiger charge is -2.01. The molecule has 6 heteroatoms. The number of aromatic nitrogens is 3. The molecule has 2 rings (SSSR count). The van der Waals surface area contributed by atoms with Gasteiger partial charge in [0, 0.05) is 18.8 Å². The Balaban J connectivity index is 2.07. The van der Waals surface area contributed by atoms with E-state index in [1.807, 2.05) is 19.2 Å². The Morgan fingerprint density at radius 2 is 2.17 bits per heavy atom. The fourth-order valence-electron chi connectivity index (χ4n) is 1.81. The lowest BCUT2D eigenvalue weighted by atomic mass is 10.1. The number of carbonyl (C=O) groups is 1. The van der Waals surface area contributed by atoms with Gasteiger partial charge in [-0.15, -0.1) is 11.3 Å². The van der Waals surface area contributed by atoms with E-state index in [-0.39, 0.29) is 5.78 Å². The molecular weight excluding hydrogens is 270 g/mol. The van der Waals surface area contributed by atoms with Crippen LogP contribution in [0.4, 0.5) is 0 Å². The fourth-order valence-corrected chi connectivity index (χ4v) is 2.65. The van der Waals surface area contributed by atoms with Gasteiger partial charge < -0.3 is 0 Å². The molecular formula is C12H14ClN3OS. The Hall–Kier alpha value is -1.20. The van der Waals surface area contributed by atoms with Crippen LogP contribution in [0.2, 0.25) is 5.02 Å². The maximum atomic E-state index is 12.0. The van der Waals surface area contributed by atoms with Crippen LogP contribution in [0.5, 0.6) is 0 Å². The summed E-state index contributed by atoms with van der Waals surface area (Å²) in [5.74, 6) is 0.102. The van der Waals surface area contributed by atoms with E-state index >= 15 is 0 Å². The summed E-state index contributed by atoms with van der Waals surface area (Å²) in [4.78, 5) is 16.3. The number of nitrogens with zero attached hydrogens (tertiary/aromatic N) is 3. The van der Waals surface area contributed by atoms with Crippen molar-refractivity contribution >= 4 is 28.7 Å². The normalized spacial score (nSPS) is 10.9. The lowest BCUT2D eigenvalue weighted by molar-refractivity contribution is -0.117. The highest BCUT2D eigenvalue weighted by Gasteiger charge is 2.15. The average Bonchev–Trinajstić information content (AvgIpc) is 2.78. The third-order valence-corrected chi connectivity index (χ3v) is 3.99. The Morgan fingerprint density at radius 3 is 2.67 bits per heavy atom. The smallest absolute Gasteiger partial charge is 0.144 e. The minimum absolute atomic E-state index is 0.102. The molecule has 0 saturated heterocycles. The van der Waals surface area contributed by atoms with Crippen molar-refractivity contribution in [2.75, 3.05) is 0 Å². The van der Waals surface area contributed by atoms with Crippen molar-refractivity contribution in [2.24, 2.45) is 7.05 Å². The molecule has 0 atom stereocenters. The zero-order valence-electron chi connectivity index (χ0n) is 10.5. The number of Topliss-reactive ketones (excluding diaryl/α,β-unsaturated/α-hetero) is 1. The highest BCUT2D eigenvalue weighted by molar-refractivity contribution is 7.09. The standard InChI is InChI=1S/C12H14ClN3OS/c1-7-12(13)11(16(3)15-7)5-10(17)4-9-6-18-8(2)14-9/h6H,4-5H2,1-3H3.